The van der Waals surface area contributed by atoms with Crippen LogP contribution in [0.5, 0.6) is 5.75 Å². The van der Waals surface area contributed by atoms with Gasteiger partial charge in [0.25, 0.3) is 0 Å². The molecule has 1 rings (SSSR count). The number of aliphatic hydroxyl groups is 2. The molecule has 3 nitrogen and oxygen atoms in total. The highest BCUT2D eigenvalue weighted by Crippen LogP contribution is 2.18. The topological polar surface area (TPSA) is 60.7 Å². The van der Waals surface area contributed by atoms with Crippen molar-refractivity contribution in [3.05, 3.63) is 29.8 Å². The molecule has 0 spiro atoms. The fraction of sp³-hybridized carbons (Fsp3) is 0.500. The average Bonchev–Trinajstić information content (AvgIpc) is 2.15. The number of hydrogen-bond donors (Lipinski definition) is 3. The van der Waals surface area contributed by atoms with Crippen molar-refractivity contribution in [1.29, 1.82) is 0 Å². The summed E-state index contributed by atoms with van der Waals surface area (Å²) < 4.78 is 0. The molecule has 3 N–H and O–H groups in total. The Hall–Kier alpha value is -1.06. The van der Waals surface area contributed by atoms with E-state index in [4.69, 9.17) is 5.11 Å². The summed E-state index contributed by atoms with van der Waals surface area (Å²) in [5, 5.41) is 28.1. The van der Waals surface area contributed by atoms with Crippen LogP contribution >= 0.6 is 0 Å². The highest BCUT2D eigenvalue weighted by Gasteiger charge is 2.20. The third-order valence-electron chi connectivity index (χ3n) is 2.65. The zero-order chi connectivity index (χ0) is 11.4. The van der Waals surface area contributed by atoms with Gasteiger partial charge in [0, 0.05) is 5.92 Å². The average molecular weight is 210 g/mol. The van der Waals surface area contributed by atoms with E-state index in [2.05, 4.69) is 0 Å². The highest BCUT2D eigenvalue weighted by atomic mass is 16.3. The molecule has 15 heavy (non-hydrogen) atoms. The zero-order valence-corrected chi connectivity index (χ0v) is 9.09. The molecule has 1 aromatic rings. The molecule has 0 aromatic heterocycles. The molecule has 3 heteroatoms. The number of rotatable bonds is 4. The first-order valence-electron chi connectivity index (χ1n) is 5.14. The number of phenols is 1. The van der Waals surface area contributed by atoms with Crippen LogP contribution in [0.4, 0.5) is 0 Å². The third kappa shape index (κ3) is 3.53. The van der Waals surface area contributed by atoms with Gasteiger partial charge in [0.15, 0.2) is 0 Å². The van der Waals surface area contributed by atoms with E-state index in [1.54, 1.807) is 38.1 Å². The van der Waals surface area contributed by atoms with E-state index in [9.17, 15) is 10.2 Å². The SMILES string of the molecule is CC(O)C(Cc1ccc(O)cc1)C(C)O. The lowest BCUT2D eigenvalue weighted by molar-refractivity contribution is 0.0320. The molecule has 0 saturated heterocycles. The van der Waals surface area contributed by atoms with Gasteiger partial charge in [-0.3, -0.25) is 0 Å². The summed E-state index contributed by atoms with van der Waals surface area (Å²) in [7, 11) is 0. The molecule has 0 aliphatic carbocycles. The summed E-state index contributed by atoms with van der Waals surface area (Å²) >= 11 is 0. The summed E-state index contributed by atoms with van der Waals surface area (Å²) in [5.74, 6) is 0.0546. The molecule has 0 radical (unpaired) electrons. The van der Waals surface area contributed by atoms with Gasteiger partial charge in [-0.2, -0.15) is 0 Å². The van der Waals surface area contributed by atoms with Gasteiger partial charge in [0.05, 0.1) is 12.2 Å². The molecular formula is C12H18O3. The van der Waals surface area contributed by atoms with Crippen LogP contribution in [0.15, 0.2) is 24.3 Å². The Labute approximate surface area is 90.0 Å². The highest BCUT2D eigenvalue weighted by molar-refractivity contribution is 5.26. The number of phenolic OH excluding ortho intramolecular Hbond substituents is 1. The van der Waals surface area contributed by atoms with E-state index < -0.39 is 12.2 Å². The molecule has 84 valence electrons. The molecule has 2 atom stereocenters. The zero-order valence-electron chi connectivity index (χ0n) is 9.09. The normalized spacial score (nSPS) is 17.1. The van der Waals surface area contributed by atoms with E-state index in [1.807, 2.05) is 0 Å². The number of aromatic hydroxyl groups is 1. The number of aliphatic hydroxyl groups excluding tert-OH is 2. The quantitative estimate of drug-likeness (QED) is 0.702. The second kappa shape index (κ2) is 5.14. The Bertz CT molecular complexity index is 282. The van der Waals surface area contributed by atoms with Crippen molar-refractivity contribution in [2.75, 3.05) is 0 Å². The second-order valence-corrected chi connectivity index (χ2v) is 4.02. The third-order valence-corrected chi connectivity index (χ3v) is 2.65. The molecule has 0 saturated carbocycles. The lowest BCUT2D eigenvalue weighted by Gasteiger charge is -2.22. The first kappa shape index (κ1) is 12.0. The molecular weight excluding hydrogens is 192 g/mol. The van der Waals surface area contributed by atoms with Crippen molar-refractivity contribution in [2.45, 2.75) is 32.5 Å². The van der Waals surface area contributed by atoms with Gasteiger partial charge in [0.2, 0.25) is 0 Å². The Kier molecular flexibility index (Phi) is 4.12. The predicted octanol–water partition coefficient (Wildman–Crippen LogP) is 1.31. The van der Waals surface area contributed by atoms with Crippen LogP contribution in [0.25, 0.3) is 0 Å². The molecule has 0 fully saturated rings. The van der Waals surface area contributed by atoms with Crippen molar-refractivity contribution >= 4 is 0 Å². The Morgan fingerprint density at radius 2 is 1.47 bits per heavy atom. The monoisotopic (exact) mass is 210 g/mol. The lowest BCUT2D eigenvalue weighted by Crippen LogP contribution is -2.29. The van der Waals surface area contributed by atoms with Gasteiger partial charge in [0.1, 0.15) is 5.75 Å². The minimum absolute atomic E-state index is 0.172. The fourth-order valence-corrected chi connectivity index (χ4v) is 1.65. The number of benzene rings is 1. The van der Waals surface area contributed by atoms with E-state index in [-0.39, 0.29) is 11.7 Å². The van der Waals surface area contributed by atoms with Gasteiger partial charge < -0.3 is 15.3 Å². The summed E-state index contributed by atoms with van der Waals surface area (Å²) in [6.07, 6.45) is -0.479. The van der Waals surface area contributed by atoms with Crippen LogP contribution in [-0.4, -0.2) is 27.5 Å². The molecule has 1 aromatic carbocycles. The van der Waals surface area contributed by atoms with Crippen LogP contribution in [0.3, 0.4) is 0 Å². The van der Waals surface area contributed by atoms with Crippen molar-refractivity contribution in [3.63, 3.8) is 0 Å². The van der Waals surface area contributed by atoms with Crippen molar-refractivity contribution in [3.8, 4) is 5.75 Å². The first-order valence-corrected chi connectivity index (χ1v) is 5.14. The lowest BCUT2D eigenvalue weighted by atomic mass is 9.90. The van der Waals surface area contributed by atoms with E-state index in [0.717, 1.165) is 5.56 Å². The van der Waals surface area contributed by atoms with E-state index >= 15 is 0 Å². The fourth-order valence-electron chi connectivity index (χ4n) is 1.65. The van der Waals surface area contributed by atoms with Gasteiger partial charge in [-0.15, -0.1) is 0 Å². The Morgan fingerprint density at radius 3 is 1.87 bits per heavy atom. The van der Waals surface area contributed by atoms with Crippen LogP contribution in [-0.2, 0) is 6.42 Å². The van der Waals surface area contributed by atoms with E-state index in [0.29, 0.717) is 6.42 Å². The molecule has 0 bridgehead atoms. The maximum absolute atomic E-state index is 9.49. The van der Waals surface area contributed by atoms with Gasteiger partial charge in [-0.1, -0.05) is 12.1 Å². The van der Waals surface area contributed by atoms with Crippen LogP contribution in [0, 0.1) is 5.92 Å². The molecule has 0 aliphatic heterocycles. The van der Waals surface area contributed by atoms with Crippen molar-refractivity contribution in [1.82, 2.24) is 0 Å². The minimum Gasteiger partial charge on any atom is -0.508 e. The standard InChI is InChI=1S/C12H18O3/c1-8(13)12(9(2)14)7-10-3-5-11(15)6-4-10/h3-6,8-9,12-15H,7H2,1-2H3. The summed E-state index contributed by atoms with van der Waals surface area (Å²) in [6, 6.07) is 6.81. The van der Waals surface area contributed by atoms with Gasteiger partial charge in [-0.05, 0) is 38.0 Å². The Balaban J connectivity index is 2.70. The molecule has 2 unspecified atom stereocenters. The number of hydrogen-bond acceptors (Lipinski definition) is 3. The van der Waals surface area contributed by atoms with Crippen molar-refractivity contribution < 1.29 is 15.3 Å². The van der Waals surface area contributed by atoms with Crippen LogP contribution in [0.2, 0.25) is 0 Å². The van der Waals surface area contributed by atoms with E-state index in [1.165, 1.54) is 0 Å². The largest absolute Gasteiger partial charge is 0.508 e. The van der Waals surface area contributed by atoms with Gasteiger partial charge in [-0.25, -0.2) is 0 Å². The smallest absolute Gasteiger partial charge is 0.115 e. The summed E-state index contributed by atoms with van der Waals surface area (Å²) in [5.41, 5.74) is 1.000. The predicted molar refractivity (Wildman–Crippen MR) is 58.7 cm³/mol. The molecule has 0 amide bonds. The maximum Gasteiger partial charge on any atom is 0.115 e. The maximum atomic E-state index is 9.49. The second-order valence-electron chi connectivity index (χ2n) is 4.02. The molecule has 0 aliphatic rings. The van der Waals surface area contributed by atoms with Crippen LogP contribution < -0.4 is 0 Å². The van der Waals surface area contributed by atoms with Crippen molar-refractivity contribution in [2.24, 2.45) is 5.92 Å². The van der Waals surface area contributed by atoms with Gasteiger partial charge >= 0.3 is 0 Å². The summed E-state index contributed by atoms with van der Waals surface area (Å²) in [6.45, 7) is 3.36. The van der Waals surface area contributed by atoms with Crippen LogP contribution in [0.1, 0.15) is 19.4 Å². The molecule has 0 heterocycles. The minimum atomic E-state index is -0.543. The first-order chi connectivity index (χ1) is 7.00. The summed E-state index contributed by atoms with van der Waals surface area (Å²) in [4.78, 5) is 0. The Morgan fingerprint density at radius 1 is 1.00 bits per heavy atom.